The summed E-state index contributed by atoms with van der Waals surface area (Å²) in [5.41, 5.74) is 1.13. The van der Waals surface area contributed by atoms with E-state index in [-0.39, 0.29) is 0 Å². The van der Waals surface area contributed by atoms with Crippen LogP contribution in [0.25, 0.3) is 0 Å². The molecule has 4 heteroatoms. The van der Waals surface area contributed by atoms with Crippen molar-refractivity contribution in [3.8, 4) is 0 Å². The number of nitrogens with zero attached hydrogens (tertiary/aromatic N) is 1. The van der Waals surface area contributed by atoms with Gasteiger partial charge in [0.1, 0.15) is 5.54 Å². The Balaban J connectivity index is 2.26. The van der Waals surface area contributed by atoms with Gasteiger partial charge in [0.05, 0.1) is 0 Å². The summed E-state index contributed by atoms with van der Waals surface area (Å²) in [6, 6.07) is 7.78. The highest BCUT2D eigenvalue weighted by Gasteiger charge is 2.43. The Morgan fingerprint density at radius 1 is 1.47 bits per heavy atom. The van der Waals surface area contributed by atoms with Gasteiger partial charge in [-0.15, -0.1) is 0 Å². The van der Waals surface area contributed by atoms with Gasteiger partial charge in [0.2, 0.25) is 0 Å². The summed E-state index contributed by atoms with van der Waals surface area (Å²) in [7, 11) is 1.95. The zero-order valence-corrected chi connectivity index (χ0v) is 10.2. The molecule has 92 valence electrons. The van der Waals surface area contributed by atoms with Crippen molar-refractivity contribution in [3.63, 3.8) is 0 Å². The number of hydrogen-bond donors (Lipinski definition) is 2. The van der Waals surface area contributed by atoms with Crippen LogP contribution in [0.1, 0.15) is 12.0 Å². The summed E-state index contributed by atoms with van der Waals surface area (Å²) in [4.78, 5) is 13.5. The number of carboxylic acids is 1. The van der Waals surface area contributed by atoms with E-state index in [9.17, 15) is 9.90 Å². The van der Waals surface area contributed by atoms with Gasteiger partial charge in [0.15, 0.2) is 0 Å². The fourth-order valence-electron chi connectivity index (χ4n) is 2.30. The maximum absolute atomic E-state index is 11.5. The second-order valence-corrected chi connectivity index (χ2v) is 4.81. The number of rotatable bonds is 3. The average molecular weight is 234 g/mol. The van der Waals surface area contributed by atoms with Crippen LogP contribution in [0.15, 0.2) is 24.3 Å². The molecular weight excluding hydrogens is 216 g/mol. The summed E-state index contributed by atoms with van der Waals surface area (Å²) >= 11 is 0. The summed E-state index contributed by atoms with van der Waals surface area (Å²) in [5.74, 6) is -0.773. The molecule has 0 amide bonds. The molecule has 0 bridgehead atoms. The second-order valence-electron chi connectivity index (χ2n) is 4.81. The number of likely N-dealkylation sites (N-methyl/N-ethyl adjacent to an activating group) is 1. The van der Waals surface area contributed by atoms with E-state index in [0.29, 0.717) is 13.0 Å². The minimum Gasteiger partial charge on any atom is -0.479 e. The summed E-state index contributed by atoms with van der Waals surface area (Å²) in [5, 5.41) is 12.7. The Hall–Kier alpha value is -1.55. The topological polar surface area (TPSA) is 52.6 Å². The molecule has 2 rings (SSSR count). The van der Waals surface area contributed by atoms with Gasteiger partial charge in [-0.1, -0.05) is 18.2 Å². The van der Waals surface area contributed by atoms with Crippen molar-refractivity contribution in [1.29, 1.82) is 0 Å². The summed E-state index contributed by atoms with van der Waals surface area (Å²) in [6.07, 6.45) is 0.632. The van der Waals surface area contributed by atoms with Crippen LogP contribution in [0, 0.1) is 6.92 Å². The van der Waals surface area contributed by atoms with Crippen molar-refractivity contribution >= 4 is 11.7 Å². The molecule has 0 aromatic heterocycles. The highest BCUT2D eigenvalue weighted by atomic mass is 16.4. The first-order chi connectivity index (χ1) is 8.03. The van der Waals surface area contributed by atoms with Gasteiger partial charge in [-0.25, -0.2) is 4.79 Å². The lowest BCUT2D eigenvalue weighted by Crippen LogP contribution is -2.48. The van der Waals surface area contributed by atoms with Crippen LogP contribution < -0.4 is 5.32 Å². The van der Waals surface area contributed by atoms with Crippen LogP contribution in [-0.2, 0) is 4.79 Å². The van der Waals surface area contributed by atoms with Gasteiger partial charge >= 0.3 is 5.97 Å². The first-order valence-corrected chi connectivity index (χ1v) is 5.79. The van der Waals surface area contributed by atoms with E-state index >= 15 is 0 Å². The number of aryl methyl sites for hydroxylation is 1. The summed E-state index contributed by atoms with van der Waals surface area (Å²) < 4.78 is 0. The van der Waals surface area contributed by atoms with Gasteiger partial charge in [-0.3, -0.25) is 0 Å². The van der Waals surface area contributed by atoms with Gasteiger partial charge in [-0.2, -0.15) is 0 Å². The molecule has 0 radical (unpaired) electrons. The molecule has 1 aliphatic rings. The lowest BCUT2D eigenvalue weighted by Gasteiger charge is -2.27. The number of anilines is 1. The van der Waals surface area contributed by atoms with Gasteiger partial charge < -0.3 is 15.3 Å². The molecular formula is C13H18N2O2. The SMILES string of the molecule is Cc1ccccc1NC1(C(=O)O)CCN(C)C1. The lowest BCUT2D eigenvalue weighted by atomic mass is 9.97. The highest BCUT2D eigenvalue weighted by Crippen LogP contribution is 2.27. The maximum atomic E-state index is 11.5. The van der Waals surface area contributed by atoms with E-state index in [1.807, 2.05) is 43.1 Å². The van der Waals surface area contributed by atoms with Crippen molar-refractivity contribution < 1.29 is 9.90 Å². The minimum absolute atomic E-state index is 0.538. The van der Waals surface area contributed by atoms with Crippen molar-refractivity contribution in [3.05, 3.63) is 29.8 Å². The molecule has 0 spiro atoms. The number of para-hydroxylation sites is 1. The molecule has 1 unspecified atom stereocenters. The normalized spacial score (nSPS) is 24.8. The van der Waals surface area contributed by atoms with Crippen LogP contribution in [-0.4, -0.2) is 41.7 Å². The Morgan fingerprint density at radius 3 is 2.71 bits per heavy atom. The zero-order valence-electron chi connectivity index (χ0n) is 10.2. The monoisotopic (exact) mass is 234 g/mol. The van der Waals surface area contributed by atoms with E-state index in [2.05, 4.69) is 5.32 Å². The molecule has 1 aromatic rings. The Kier molecular flexibility index (Phi) is 3.07. The van der Waals surface area contributed by atoms with Crippen LogP contribution >= 0.6 is 0 Å². The van der Waals surface area contributed by atoms with E-state index in [0.717, 1.165) is 17.8 Å². The van der Waals surface area contributed by atoms with Crippen molar-refractivity contribution in [2.45, 2.75) is 18.9 Å². The third-order valence-electron chi connectivity index (χ3n) is 3.39. The van der Waals surface area contributed by atoms with E-state index in [4.69, 9.17) is 0 Å². The van der Waals surface area contributed by atoms with Gasteiger partial charge in [0.25, 0.3) is 0 Å². The number of benzene rings is 1. The number of nitrogens with one attached hydrogen (secondary N) is 1. The first kappa shape index (κ1) is 11.9. The third-order valence-corrected chi connectivity index (χ3v) is 3.39. The molecule has 1 heterocycles. The lowest BCUT2D eigenvalue weighted by molar-refractivity contribution is -0.141. The predicted octanol–water partition coefficient (Wildman–Crippen LogP) is 1.57. The molecule has 1 aliphatic heterocycles. The van der Waals surface area contributed by atoms with E-state index in [1.165, 1.54) is 0 Å². The fraction of sp³-hybridized carbons (Fsp3) is 0.462. The van der Waals surface area contributed by atoms with E-state index < -0.39 is 11.5 Å². The maximum Gasteiger partial charge on any atom is 0.330 e. The molecule has 2 N–H and O–H groups in total. The number of carbonyl (C=O) groups is 1. The number of carboxylic acid groups (broad SMARTS) is 1. The molecule has 1 atom stereocenters. The third kappa shape index (κ3) is 2.26. The molecule has 4 nitrogen and oxygen atoms in total. The highest BCUT2D eigenvalue weighted by molar-refractivity contribution is 5.84. The van der Waals surface area contributed by atoms with Crippen molar-refractivity contribution in [1.82, 2.24) is 4.90 Å². The predicted molar refractivity (Wildman–Crippen MR) is 67.3 cm³/mol. The summed E-state index contributed by atoms with van der Waals surface area (Å²) in [6.45, 7) is 3.33. The molecule has 0 aliphatic carbocycles. The minimum atomic E-state index is -0.846. The van der Waals surface area contributed by atoms with Gasteiger partial charge in [0, 0.05) is 18.8 Å². The van der Waals surface area contributed by atoms with Crippen LogP contribution in [0.2, 0.25) is 0 Å². The van der Waals surface area contributed by atoms with Crippen LogP contribution in [0.4, 0.5) is 5.69 Å². The van der Waals surface area contributed by atoms with Crippen molar-refractivity contribution in [2.24, 2.45) is 0 Å². The Labute approximate surface area is 101 Å². The van der Waals surface area contributed by atoms with Crippen LogP contribution in [0.5, 0.6) is 0 Å². The molecule has 1 aromatic carbocycles. The zero-order chi connectivity index (χ0) is 12.5. The first-order valence-electron chi connectivity index (χ1n) is 5.79. The largest absolute Gasteiger partial charge is 0.479 e. The van der Waals surface area contributed by atoms with Crippen LogP contribution in [0.3, 0.4) is 0 Å². The van der Waals surface area contributed by atoms with E-state index in [1.54, 1.807) is 0 Å². The van der Waals surface area contributed by atoms with Gasteiger partial charge in [-0.05, 0) is 32.0 Å². The standard InChI is InChI=1S/C13H18N2O2/c1-10-5-3-4-6-11(10)14-13(12(16)17)7-8-15(2)9-13/h3-6,14H,7-9H2,1-2H3,(H,16,17). The average Bonchev–Trinajstić information content (AvgIpc) is 2.65. The fourth-order valence-corrected chi connectivity index (χ4v) is 2.30. The second kappa shape index (κ2) is 4.37. The molecule has 1 fully saturated rings. The molecule has 1 saturated heterocycles. The molecule has 0 saturated carbocycles. The smallest absolute Gasteiger partial charge is 0.330 e. The van der Waals surface area contributed by atoms with Crippen molar-refractivity contribution in [2.75, 3.05) is 25.5 Å². The molecule has 17 heavy (non-hydrogen) atoms. The number of aliphatic carboxylic acids is 1. The quantitative estimate of drug-likeness (QED) is 0.833. The Morgan fingerprint density at radius 2 is 2.18 bits per heavy atom. The number of likely N-dealkylation sites (tertiary alicyclic amines) is 1. The Bertz CT molecular complexity index is 433. The number of hydrogen-bond acceptors (Lipinski definition) is 3.